The van der Waals surface area contributed by atoms with E-state index in [-0.39, 0.29) is 0 Å². The minimum atomic E-state index is 0.515. The van der Waals surface area contributed by atoms with Crippen molar-refractivity contribution in [3.63, 3.8) is 0 Å². The molecule has 0 fully saturated rings. The van der Waals surface area contributed by atoms with E-state index in [1.807, 2.05) is 12.1 Å². The first-order valence-corrected chi connectivity index (χ1v) is 8.81. The van der Waals surface area contributed by atoms with Crippen LogP contribution in [0.15, 0.2) is 72.8 Å². The van der Waals surface area contributed by atoms with Crippen LogP contribution in [0.1, 0.15) is 16.7 Å². The third kappa shape index (κ3) is 3.38. The quantitative estimate of drug-likeness (QED) is 0.686. The van der Waals surface area contributed by atoms with Gasteiger partial charge >= 0.3 is 0 Å². The second kappa shape index (κ2) is 6.80. The number of benzene rings is 3. The molecule has 0 heterocycles. The van der Waals surface area contributed by atoms with Crippen LogP contribution in [0.25, 0.3) is 11.1 Å². The second-order valence-corrected chi connectivity index (χ2v) is 6.91. The lowest BCUT2D eigenvalue weighted by molar-refractivity contribution is 0.533. The Kier molecular flexibility index (Phi) is 4.38. The average molecular weight is 334 g/mol. The predicted octanol–water partition coefficient (Wildman–Crippen LogP) is 5.26. The second-order valence-electron chi connectivity index (χ2n) is 6.47. The van der Waals surface area contributed by atoms with Crippen LogP contribution in [0.4, 0.5) is 0 Å². The Labute approximate surface area is 148 Å². The first-order chi connectivity index (χ1) is 11.8. The Balaban J connectivity index is 1.47. The zero-order chi connectivity index (χ0) is 16.4. The molecule has 24 heavy (non-hydrogen) atoms. The molecule has 1 N–H and O–H groups in total. The van der Waals surface area contributed by atoms with Crippen molar-refractivity contribution in [1.29, 1.82) is 0 Å². The van der Waals surface area contributed by atoms with Crippen molar-refractivity contribution >= 4 is 11.6 Å². The zero-order valence-corrected chi connectivity index (χ0v) is 14.3. The van der Waals surface area contributed by atoms with Gasteiger partial charge in [-0.3, -0.25) is 0 Å². The summed E-state index contributed by atoms with van der Waals surface area (Å²) in [4.78, 5) is 0. The normalized spacial score (nSPS) is 13.9. The smallest absolute Gasteiger partial charge is 0.0415 e. The largest absolute Gasteiger partial charge is 0.309 e. The fourth-order valence-electron chi connectivity index (χ4n) is 3.52. The van der Waals surface area contributed by atoms with E-state index in [1.54, 1.807) is 0 Å². The summed E-state index contributed by atoms with van der Waals surface area (Å²) < 4.78 is 0. The summed E-state index contributed by atoms with van der Waals surface area (Å²) >= 11 is 6.34. The number of halogens is 1. The molecular formula is C22H20ClN. The van der Waals surface area contributed by atoms with Crippen molar-refractivity contribution in [3.05, 3.63) is 94.5 Å². The Morgan fingerprint density at radius 3 is 2.17 bits per heavy atom. The average Bonchev–Trinajstić information content (AvgIpc) is 3.03. The van der Waals surface area contributed by atoms with Crippen molar-refractivity contribution < 1.29 is 0 Å². The van der Waals surface area contributed by atoms with Gasteiger partial charge in [0.1, 0.15) is 0 Å². The lowest BCUT2D eigenvalue weighted by atomic mass is 10.0. The Bertz CT molecular complexity index is 817. The monoisotopic (exact) mass is 333 g/mol. The first-order valence-electron chi connectivity index (χ1n) is 8.43. The van der Waals surface area contributed by atoms with Gasteiger partial charge in [0.2, 0.25) is 0 Å². The van der Waals surface area contributed by atoms with Gasteiger partial charge in [-0.15, -0.1) is 0 Å². The lowest BCUT2D eigenvalue weighted by Crippen LogP contribution is -2.28. The maximum Gasteiger partial charge on any atom is 0.0415 e. The summed E-state index contributed by atoms with van der Waals surface area (Å²) in [6, 6.07) is 26.0. The molecule has 0 amide bonds. The Morgan fingerprint density at radius 1 is 0.792 bits per heavy atom. The van der Waals surface area contributed by atoms with Crippen LogP contribution in [0.5, 0.6) is 0 Å². The number of rotatable bonds is 4. The van der Waals surface area contributed by atoms with Gasteiger partial charge in [-0.25, -0.2) is 0 Å². The molecule has 3 aromatic rings. The summed E-state index contributed by atoms with van der Waals surface area (Å²) in [6.07, 6.45) is 2.23. The minimum Gasteiger partial charge on any atom is -0.309 e. The van der Waals surface area contributed by atoms with Crippen LogP contribution in [0, 0.1) is 0 Å². The zero-order valence-electron chi connectivity index (χ0n) is 13.5. The van der Waals surface area contributed by atoms with Crippen molar-refractivity contribution in [2.75, 3.05) is 0 Å². The van der Waals surface area contributed by atoms with Gasteiger partial charge in [-0.05, 0) is 58.9 Å². The van der Waals surface area contributed by atoms with Crippen LogP contribution in [-0.4, -0.2) is 6.04 Å². The van der Waals surface area contributed by atoms with Gasteiger partial charge in [0, 0.05) is 17.6 Å². The minimum absolute atomic E-state index is 0.515. The van der Waals surface area contributed by atoms with E-state index >= 15 is 0 Å². The molecule has 0 saturated heterocycles. The van der Waals surface area contributed by atoms with Gasteiger partial charge in [0.05, 0.1) is 0 Å². The van der Waals surface area contributed by atoms with Crippen molar-refractivity contribution in [1.82, 2.24) is 5.32 Å². The first kappa shape index (κ1) is 15.4. The number of nitrogens with one attached hydrogen (secondary N) is 1. The van der Waals surface area contributed by atoms with E-state index in [2.05, 4.69) is 66.0 Å². The number of hydrogen-bond acceptors (Lipinski definition) is 1. The maximum absolute atomic E-state index is 6.34. The summed E-state index contributed by atoms with van der Waals surface area (Å²) in [5, 5.41) is 4.49. The van der Waals surface area contributed by atoms with Crippen LogP contribution in [0.3, 0.4) is 0 Å². The van der Waals surface area contributed by atoms with Gasteiger partial charge in [0.25, 0.3) is 0 Å². The lowest BCUT2D eigenvalue weighted by Gasteiger charge is -2.13. The number of hydrogen-bond donors (Lipinski definition) is 1. The molecule has 1 aliphatic rings. The molecule has 0 saturated carbocycles. The highest BCUT2D eigenvalue weighted by molar-refractivity contribution is 6.31. The molecule has 2 heteroatoms. The molecule has 0 aromatic heterocycles. The maximum atomic E-state index is 6.34. The van der Waals surface area contributed by atoms with Gasteiger partial charge in [-0.1, -0.05) is 66.2 Å². The highest BCUT2D eigenvalue weighted by atomic mass is 35.5. The summed E-state index contributed by atoms with van der Waals surface area (Å²) in [5.41, 5.74) is 6.57. The van der Waals surface area contributed by atoms with E-state index in [4.69, 9.17) is 11.6 Å². The molecule has 1 aliphatic carbocycles. The molecule has 1 nitrogen and oxygen atoms in total. The van der Waals surface area contributed by atoms with Gasteiger partial charge in [0.15, 0.2) is 0 Å². The topological polar surface area (TPSA) is 12.0 Å². The van der Waals surface area contributed by atoms with Crippen LogP contribution in [-0.2, 0) is 19.4 Å². The summed E-state index contributed by atoms with van der Waals surface area (Å²) in [7, 11) is 0. The molecule has 0 spiro atoms. The molecule has 0 bridgehead atoms. The molecule has 0 unspecified atom stereocenters. The fourth-order valence-corrected chi connectivity index (χ4v) is 3.77. The van der Waals surface area contributed by atoms with Crippen LogP contribution >= 0.6 is 11.6 Å². The third-order valence-electron chi connectivity index (χ3n) is 4.71. The standard InChI is InChI=1S/C22H20ClN/c23-21-11-16(10-20(12-21)17-6-2-1-3-7-17)15-24-22-13-18-8-4-5-9-19(18)14-22/h1-12,22,24H,13-15H2. The molecule has 120 valence electrons. The van der Waals surface area contributed by atoms with E-state index < -0.39 is 0 Å². The molecule has 0 aliphatic heterocycles. The molecule has 0 radical (unpaired) electrons. The molecule has 0 atom stereocenters. The predicted molar refractivity (Wildman–Crippen MR) is 101 cm³/mol. The highest BCUT2D eigenvalue weighted by Crippen LogP contribution is 2.26. The third-order valence-corrected chi connectivity index (χ3v) is 4.93. The highest BCUT2D eigenvalue weighted by Gasteiger charge is 2.20. The summed E-state index contributed by atoms with van der Waals surface area (Å²) in [6.45, 7) is 0.846. The van der Waals surface area contributed by atoms with Crippen LogP contribution in [0.2, 0.25) is 5.02 Å². The molecular weight excluding hydrogens is 314 g/mol. The van der Waals surface area contributed by atoms with Gasteiger partial charge < -0.3 is 5.32 Å². The van der Waals surface area contributed by atoms with Gasteiger partial charge in [-0.2, -0.15) is 0 Å². The van der Waals surface area contributed by atoms with Crippen molar-refractivity contribution in [3.8, 4) is 11.1 Å². The molecule has 4 rings (SSSR count). The summed E-state index contributed by atoms with van der Waals surface area (Å²) in [5.74, 6) is 0. The Morgan fingerprint density at radius 2 is 1.46 bits per heavy atom. The molecule has 3 aromatic carbocycles. The van der Waals surface area contributed by atoms with E-state index in [9.17, 15) is 0 Å². The van der Waals surface area contributed by atoms with Crippen molar-refractivity contribution in [2.45, 2.75) is 25.4 Å². The van der Waals surface area contributed by atoms with Crippen molar-refractivity contribution in [2.24, 2.45) is 0 Å². The SMILES string of the molecule is Clc1cc(CNC2Cc3ccccc3C2)cc(-c2ccccc2)c1. The number of fused-ring (bicyclic) bond motifs is 1. The van der Waals surface area contributed by atoms with E-state index in [0.717, 1.165) is 24.4 Å². The Hall–Kier alpha value is -2.09. The fraction of sp³-hybridized carbons (Fsp3) is 0.182. The van der Waals surface area contributed by atoms with E-state index in [1.165, 1.54) is 27.8 Å². The van der Waals surface area contributed by atoms with E-state index in [0.29, 0.717) is 6.04 Å². The van der Waals surface area contributed by atoms with Crippen LogP contribution < -0.4 is 5.32 Å².